The Kier molecular flexibility index (Phi) is 7.25. The molecule has 3 unspecified atom stereocenters. The number of fused-ring (bicyclic) bond motifs is 5. The van der Waals surface area contributed by atoms with Gasteiger partial charge in [-0.15, -0.1) is 0 Å². The van der Waals surface area contributed by atoms with Crippen LogP contribution in [0, 0.1) is 46.3 Å². The van der Waals surface area contributed by atoms with Crippen molar-refractivity contribution in [1.29, 1.82) is 0 Å². The van der Waals surface area contributed by atoms with Crippen molar-refractivity contribution in [2.24, 2.45) is 52.1 Å². The van der Waals surface area contributed by atoms with E-state index in [0.717, 1.165) is 30.3 Å². The SMILES string of the molecule is CC[C@@H](C)C[C@H]1OCCC2/C(=C(/C)C[C@H](C)C1C)CC1[C@H]2CC[C@]2(C)C[C@H](N)CC[C@]12C. The quantitative estimate of drug-likeness (QED) is 0.452. The van der Waals surface area contributed by atoms with Crippen LogP contribution in [-0.2, 0) is 4.74 Å². The minimum atomic E-state index is 0.422. The molecule has 1 heterocycles. The third-order valence-corrected chi connectivity index (χ3v) is 11.6. The molecule has 3 aliphatic carbocycles. The summed E-state index contributed by atoms with van der Waals surface area (Å²) in [6.45, 7) is 18.4. The van der Waals surface area contributed by atoms with Gasteiger partial charge in [0.2, 0.25) is 0 Å². The molecule has 2 nitrogen and oxygen atoms in total. The second-order valence-corrected chi connectivity index (χ2v) is 13.4. The highest BCUT2D eigenvalue weighted by molar-refractivity contribution is 5.26. The Balaban J connectivity index is 1.60. The Morgan fingerprint density at radius 2 is 1.84 bits per heavy atom. The molecule has 2 heteroatoms. The van der Waals surface area contributed by atoms with Gasteiger partial charge in [0.1, 0.15) is 0 Å². The summed E-state index contributed by atoms with van der Waals surface area (Å²) in [5.41, 5.74) is 11.0. The zero-order valence-corrected chi connectivity index (χ0v) is 22.4. The molecule has 0 amide bonds. The van der Waals surface area contributed by atoms with Gasteiger partial charge in [-0.25, -0.2) is 0 Å². The molecule has 0 saturated heterocycles. The van der Waals surface area contributed by atoms with E-state index in [2.05, 4.69) is 48.5 Å². The fourth-order valence-electron chi connectivity index (χ4n) is 8.77. The maximum atomic E-state index is 6.72. The number of rotatable bonds is 3. The Morgan fingerprint density at radius 1 is 1.09 bits per heavy atom. The first-order valence-electron chi connectivity index (χ1n) is 14.1. The van der Waals surface area contributed by atoms with Gasteiger partial charge in [-0.1, -0.05) is 59.1 Å². The molecule has 4 rings (SSSR count). The lowest BCUT2D eigenvalue weighted by atomic mass is 9.45. The van der Waals surface area contributed by atoms with E-state index in [1.54, 1.807) is 5.57 Å². The molecule has 10 atom stereocenters. The lowest BCUT2D eigenvalue weighted by molar-refractivity contribution is -0.104. The Hall–Kier alpha value is -0.340. The van der Waals surface area contributed by atoms with Gasteiger partial charge in [-0.05, 0) is 111 Å². The zero-order chi connectivity index (χ0) is 23.3. The van der Waals surface area contributed by atoms with E-state index >= 15 is 0 Å². The van der Waals surface area contributed by atoms with Crippen LogP contribution in [0.25, 0.3) is 0 Å². The number of allylic oxidation sites excluding steroid dienone is 2. The topological polar surface area (TPSA) is 35.2 Å². The van der Waals surface area contributed by atoms with E-state index in [0.29, 0.717) is 34.8 Å². The third kappa shape index (κ3) is 4.26. The predicted molar refractivity (Wildman–Crippen MR) is 136 cm³/mol. The van der Waals surface area contributed by atoms with E-state index in [1.165, 1.54) is 64.2 Å². The largest absolute Gasteiger partial charge is 0.378 e. The highest BCUT2D eigenvalue weighted by Gasteiger charge is 2.60. The fourth-order valence-corrected chi connectivity index (χ4v) is 8.77. The van der Waals surface area contributed by atoms with Crippen molar-refractivity contribution in [3.05, 3.63) is 11.1 Å². The van der Waals surface area contributed by atoms with Gasteiger partial charge in [-0.3, -0.25) is 0 Å². The van der Waals surface area contributed by atoms with Crippen LogP contribution in [0.15, 0.2) is 11.1 Å². The summed E-state index contributed by atoms with van der Waals surface area (Å²) in [6, 6.07) is 0.422. The van der Waals surface area contributed by atoms with E-state index < -0.39 is 0 Å². The highest BCUT2D eigenvalue weighted by Crippen LogP contribution is 2.68. The molecule has 184 valence electrons. The lowest BCUT2D eigenvalue weighted by Gasteiger charge is -2.60. The van der Waals surface area contributed by atoms with E-state index in [4.69, 9.17) is 10.5 Å². The normalized spacial score (nSPS) is 50.8. The van der Waals surface area contributed by atoms with Gasteiger partial charge in [0.25, 0.3) is 0 Å². The average molecular weight is 444 g/mol. The molecule has 4 aliphatic rings. The molecule has 3 saturated carbocycles. The molecule has 0 aromatic carbocycles. The van der Waals surface area contributed by atoms with Crippen molar-refractivity contribution in [1.82, 2.24) is 0 Å². The smallest absolute Gasteiger partial charge is 0.0605 e. The first kappa shape index (κ1) is 24.8. The maximum absolute atomic E-state index is 6.72. The molecule has 32 heavy (non-hydrogen) atoms. The predicted octanol–water partition coefficient (Wildman–Crippen LogP) is 7.76. The molecular weight excluding hydrogens is 390 g/mol. The van der Waals surface area contributed by atoms with Crippen LogP contribution in [0.2, 0.25) is 0 Å². The summed E-state index contributed by atoms with van der Waals surface area (Å²) in [5, 5.41) is 0. The summed E-state index contributed by atoms with van der Waals surface area (Å²) >= 11 is 0. The summed E-state index contributed by atoms with van der Waals surface area (Å²) in [4.78, 5) is 0. The van der Waals surface area contributed by atoms with Gasteiger partial charge in [0.15, 0.2) is 0 Å². The standard InChI is InChI=1S/C30H53NO/c1-8-19(2)15-28-22(5)20(3)16-21(4)26-17-27-25(24(26)11-14-32-28)10-12-29(6)18-23(31)9-13-30(27,29)7/h19-20,22-25,27-28H,8-18,31H2,1-7H3/b26-21-/t19-,20+,22?,23-,24?,25+,27?,28-,29-,30-/m1/s1. The molecule has 0 aromatic rings. The van der Waals surface area contributed by atoms with Gasteiger partial charge in [0, 0.05) is 12.6 Å². The van der Waals surface area contributed by atoms with Crippen LogP contribution in [0.4, 0.5) is 0 Å². The van der Waals surface area contributed by atoms with Gasteiger partial charge in [-0.2, -0.15) is 0 Å². The second kappa shape index (κ2) is 9.37. The van der Waals surface area contributed by atoms with Crippen molar-refractivity contribution < 1.29 is 4.74 Å². The van der Waals surface area contributed by atoms with E-state index in [1.807, 2.05) is 5.57 Å². The van der Waals surface area contributed by atoms with Gasteiger partial charge in [0.05, 0.1) is 6.10 Å². The summed E-state index contributed by atoms with van der Waals surface area (Å²) < 4.78 is 6.72. The monoisotopic (exact) mass is 443 g/mol. The van der Waals surface area contributed by atoms with Crippen LogP contribution in [0.5, 0.6) is 0 Å². The third-order valence-electron chi connectivity index (χ3n) is 11.6. The van der Waals surface area contributed by atoms with E-state index in [9.17, 15) is 0 Å². The Bertz CT molecular complexity index is 699. The minimum Gasteiger partial charge on any atom is -0.378 e. The molecule has 3 fully saturated rings. The van der Waals surface area contributed by atoms with Crippen molar-refractivity contribution in [2.45, 2.75) is 125 Å². The minimum absolute atomic E-state index is 0.422. The molecule has 0 spiro atoms. The zero-order valence-electron chi connectivity index (χ0n) is 22.4. The molecular formula is C30H53NO. The van der Waals surface area contributed by atoms with Crippen LogP contribution < -0.4 is 5.73 Å². The highest BCUT2D eigenvalue weighted by atomic mass is 16.5. The molecule has 1 aliphatic heterocycles. The number of nitrogens with two attached hydrogens (primary N) is 1. The Morgan fingerprint density at radius 3 is 2.56 bits per heavy atom. The summed E-state index contributed by atoms with van der Waals surface area (Å²) in [7, 11) is 0. The first-order chi connectivity index (χ1) is 15.1. The first-order valence-corrected chi connectivity index (χ1v) is 14.1. The van der Waals surface area contributed by atoms with Gasteiger partial charge < -0.3 is 10.5 Å². The molecule has 0 radical (unpaired) electrons. The summed E-state index contributed by atoms with van der Waals surface area (Å²) in [5.74, 6) is 4.59. The van der Waals surface area contributed by atoms with Crippen molar-refractivity contribution in [3.63, 3.8) is 0 Å². The van der Waals surface area contributed by atoms with Crippen molar-refractivity contribution >= 4 is 0 Å². The van der Waals surface area contributed by atoms with Crippen LogP contribution in [-0.4, -0.2) is 18.8 Å². The molecule has 0 bridgehead atoms. The van der Waals surface area contributed by atoms with Crippen LogP contribution in [0.3, 0.4) is 0 Å². The fraction of sp³-hybridized carbons (Fsp3) is 0.933. The molecule has 2 N–H and O–H groups in total. The van der Waals surface area contributed by atoms with Crippen molar-refractivity contribution in [3.8, 4) is 0 Å². The van der Waals surface area contributed by atoms with E-state index in [-0.39, 0.29) is 0 Å². The average Bonchev–Trinajstić information content (AvgIpc) is 3.12. The van der Waals surface area contributed by atoms with Crippen LogP contribution in [0.1, 0.15) is 113 Å². The molecule has 0 aromatic heterocycles. The van der Waals surface area contributed by atoms with Crippen LogP contribution >= 0.6 is 0 Å². The van der Waals surface area contributed by atoms with Crippen molar-refractivity contribution in [2.75, 3.05) is 6.61 Å². The summed E-state index contributed by atoms with van der Waals surface area (Å²) in [6.07, 6.45) is 13.4. The lowest BCUT2D eigenvalue weighted by Crippen LogP contribution is -2.54. The van der Waals surface area contributed by atoms with Gasteiger partial charge >= 0.3 is 0 Å². The number of hydrogen-bond donors (Lipinski definition) is 1. The number of ether oxygens (including phenoxy) is 1. The second-order valence-electron chi connectivity index (χ2n) is 13.4. The Labute approximate surface area is 199 Å². The number of hydrogen-bond acceptors (Lipinski definition) is 2. The maximum Gasteiger partial charge on any atom is 0.0605 e.